The topological polar surface area (TPSA) is 29.3 Å². The average Bonchev–Trinajstić information content (AvgIpc) is 2.93. The lowest BCUT2D eigenvalue weighted by atomic mass is 9.84. The Balaban J connectivity index is 2.25. The van der Waals surface area contributed by atoms with E-state index in [1.54, 1.807) is 17.4 Å². The highest BCUT2D eigenvalue weighted by molar-refractivity contribution is 7.10. The fraction of sp³-hybridized carbons (Fsp3) is 0.222. The maximum Gasteiger partial charge on any atom is 0.195 e. The van der Waals surface area contributed by atoms with Crippen molar-refractivity contribution in [2.45, 2.75) is 26.7 Å². The lowest BCUT2D eigenvalue weighted by molar-refractivity contribution is 0.852. The van der Waals surface area contributed by atoms with E-state index in [4.69, 9.17) is 29.8 Å². The Morgan fingerprint density at radius 1 is 1.21 bits per heavy atom. The molecule has 122 valence electrons. The summed E-state index contributed by atoms with van der Waals surface area (Å²) in [6.07, 6.45) is 0. The zero-order chi connectivity index (χ0) is 17.4. The molecule has 1 atom stereocenters. The summed E-state index contributed by atoms with van der Waals surface area (Å²) in [4.78, 5) is 8.41. The highest BCUT2D eigenvalue weighted by Crippen LogP contribution is 2.46. The third-order valence-corrected chi connectivity index (χ3v) is 5.52. The molecular formula is C18H15Cl2N3S. The molecule has 3 rings (SSSR count). The zero-order valence-electron chi connectivity index (χ0n) is 13.4. The van der Waals surface area contributed by atoms with E-state index < -0.39 is 0 Å². The van der Waals surface area contributed by atoms with Gasteiger partial charge in [0.2, 0.25) is 0 Å². The van der Waals surface area contributed by atoms with Gasteiger partial charge in [0.05, 0.1) is 12.5 Å². The Hall–Kier alpha value is -1.80. The molecule has 2 heterocycles. The Kier molecular flexibility index (Phi) is 4.69. The summed E-state index contributed by atoms with van der Waals surface area (Å²) < 4.78 is 0. The third-order valence-electron chi connectivity index (χ3n) is 3.97. The predicted molar refractivity (Wildman–Crippen MR) is 101 cm³/mol. The van der Waals surface area contributed by atoms with Gasteiger partial charge in [-0.15, -0.1) is 11.3 Å². The molecule has 1 aromatic carbocycles. The van der Waals surface area contributed by atoms with Crippen molar-refractivity contribution >= 4 is 40.1 Å². The average molecular weight is 376 g/mol. The molecule has 1 aliphatic heterocycles. The van der Waals surface area contributed by atoms with Gasteiger partial charge in [0.15, 0.2) is 5.70 Å². The Bertz CT molecular complexity index is 919. The van der Waals surface area contributed by atoms with E-state index in [-0.39, 0.29) is 5.92 Å². The van der Waals surface area contributed by atoms with Crippen LogP contribution in [0.4, 0.5) is 0 Å². The lowest BCUT2D eigenvalue weighted by Crippen LogP contribution is -2.22. The highest BCUT2D eigenvalue weighted by Gasteiger charge is 2.33. The fourth-order valence-electron chi connectivity index (χ4n) is 2.93. The smallest absolute Gasteiger partial charge is 0.195 e. The van der Waals surface area contributed by atoms with Crippen LogP contribution in [0.2, 0.25) is 10.0 Å². The number of benzene rings is 1. The minimum Gasteiger partial charge on any atom is -0.372 e. The summed E-state index contributed by atoms with van der Waals surface area (Å²) in [7, 11) is 0. The molecule has 1 N–H and O–H groups in total. The number of rotatable bonds is 2. The predicted octanol–water partition coefficient (Wildman–Crippen LogP) is 6.03. The summed E-state index contributed by atoms with van der Waals surface area (Å²) in [5.41, 5.74) is 5.30. The van der Waals surface area contributed by atoms with Crippen LogP contribution in [0.3, 0.4) is 0 Å². The minimum absolute atomic E-state index is 0.251. The normalized spacial score (nSPS) is 17.8. The lowest BCUT2D eigenvalue weighted by Gasteiger charge is -2.29. The van der Waals surface area contributed by atoms with Crippen molar-refractivity contribution < 1.29 is 0 Å². The fourth-order valence-corrected chi connectivity index (χ4v) is 4.38. The van der Waals surface area contributed by atoms with E-state index >= 15 is 0 Å². The van der Waals surface area contributed by atoms with Gasteiger partial charge in [0.1, 0.15) is 5.01 Å². The molecule has 1 unspecified atom stereocenters. The molecule has 0 saturated heterocycles. The van der Waals surface area contributed by atoms with Gasteiger partial charge in [-0.05, 0) is 38.5 Å². The Labute approximate surface area is 155 Å². The van der Waals surface area contributed by atoms with Crippen LogP contribution in [0.15, 0.2) is 40.7 Å². The van der Waals surface area contributed by atoms with Crippen LogP contribution in [0.25, 0.3) is 10.4 Å². The molecule has 0 saturated carbocycles. The molecule has 0 spiro atoms. The molecule has 0 radical (unpaired) electrons. The molecule has 0 aliphatic carbocycles. The van der Waals surface area contributed by atoms with Crippen molar-refractivity contribution in [3.05, 3.63) is 78.4 Å². The van der Waals surface area contributed by atoms with Crippen molar-refractivity contribution in [1.82, 2.24) is 10.3 Å². The number of nitrogens with one attached hydrogen (secondary N) is 1. The zero-order valence-corrected chi connectivity index (χ0v) is 15.8. The second-order valence-corrected chi connectivity index (χ2v) is 7.38. The summed E-state index contributed by atoms with van der Waals surface area (Å²) in [6.45, 7) is 13.5. The van der Waals surface area contributed by atoms with Gasteiger partial charge in [0.25, 0.3) is 0 Å². The van der Waals surface area contributed by atoms with Gasteiger partial charge >= 0.3 is 0 Å². The Morgan fingerprint density at radius 3 is 2.54 bits per heavy atom. The molecule has 6 heteroatoms. The first-order chi connectivity index (χ1) is 11.4. The van der Waals surface area contributed by atoms with Crippen LogP contribution in [0.5, 0.6) is 0 Å². The number of aryl methyl sites for hydroxylation is 1. The molecule has 0 fully saturated rings. The number of halogens is 2. The monoisotopic (exact) mass is 375 g/mol. The SMILES string of the molecule is [C-]#[N+]C1=C(C)NC(C)=C(c2nc(C)cs2)C1c1ccc(Cl)cc1Cl. The van der Waals surface area contributed by atoms with Gasteiger partial charge in [-0.1, -0.05) is 29.3 Å². The number of hydrogen-bond acceptors (Lipinski definition) is 3. The van der Waals surface area contributed by atoms with Crippen molar-refractivity contribution in [2.75, 3.05) is 0 Å². The molecule has 24 heavy (non-hydrogen) atoms. The number of aromatic nitrogens is 1. The van der Waals surface area contributed by atoms with Crippen molar-refractivity contribution in [1.29, 1.82) is 0 Å². The van der Waals surface area contributed by atoms with Gasteiger partial charge in [0, 0.05) is 38.1 Å². The molecule has 0 amide bonds. The Morgan fingerprint density at radius 2 is 1.96 bits per heavy atom. The maximum absolute atomic E-state index is 7.66. The van der Waals surface area contributed by atoms with E-state index in [0.717, 1.165) is 33.2 Å². The summed E-state index contributed by atoms with van der Waals surface area (Å²) >= 11 is 14.1. The van der Waals surface area contributed by atoms with Crippen molar-refractivity contribution in [3.8, 4) is 0 Å². The number of thiazole rings is 1. The molecule has 1 aliphatic rings. The van der Waals surface area contributed by atoms with E-state index in [1.165, 1.54) is 0 Å². The highest BCUT2D eigenvalue weighted by atomic mass is 35.5. The van der Waals surface area contributed by atoms with E-state index in [9.17, 15) is 0 Å². The van der Waals surface area contributed by atoms with Crippen molar-refractivity contribution in [3.63, 3.8) is 0 Å². The largest absolute Gasteiger partial charge is 0.372 e. The molecule has 3 nitrogen and oxygen atoms in total. The number of hydrogen-bond donors (Lipinski definition) is 1. The molecule has 1 aromatic heterocycles. The second kappa shape index (κ2) is 6.60. The van der Waals surface area contributed by atoms with Crippen LogP contribution in [0.1, 0.15) is 36.0 Å². The van der Waals surface area contributed by atoms with E-state index in [0.29, 0.717) is 15.7 Å². The number of dihydropyridines is 1. The standard InChI is InChI=1S/C18H15Cl2N3S/c1-9-8-24-18(22-9)15-10(2)23-11(3)17(21-4)16(15)13-6-5-12(19)7-14(13)20/h5-8,16,23H,1-3H3. The maximum atomic E-state index is 7.66. The first-order valence-corrected chi connectivity index (χ1v) is 8.99. The van der Waals surface area contributed by atoms with Gasteiger partial charge in [-0.2, -0.15) is 0 Å². The summed E-state index contributed by atoms with van der Waals surface area (Å²) in [6, 6.07) is 5.42. The van der Waals surface area contributed by atoms with Crippen molar-refractivity contribution in [2.24, 2.45) is 0 Å². The minimum atomic E-state index is -0.251. The van der Waals surface area contributed by atoms with Crippen LogP contribution < -0.4 is 5.32 Å². The quantitative estimate of drug-likeness (QED) is 0.649. The first kappa shape index (κ1) is 17.0. The summed E-state index contributed by atoms with van der Waals surface area (Å²) in [5.74, 6) is -0.251. The number of allylic oxidation sites excluding steroid dienone is 3. The summed E-state index contributed by atoms with van der Waals surface area (Å²) in [5, 5.41) is 7.37. The second-order valence-electron chi connectivity index (χ2n) is 5.68. The van der Waals surface area contributed by atoms with Gasteiger partial charge in [-0.25, -0.2) is 9.83 Å². The van der Waals surface area contributed by atoms with Crippen LogP contribution in [-0.4, -0.2) is 4.98 Å². The molecule has 2 aromatic rings. The van der Waals surface area contributed by atoms with Gasteiger partial charge in [-0.3, -0.25) is 0 Å². The molecular weight excluding hydrogens is 361 g/mol. The van der Waals surface area contributed by atoms with E-state index in [2.05, 4.69) is 15.1 Å². The number of nitrogens with zero attached hydrogens (tertiary/aromatic N) is 2. The first-order valence-electron chi connectivity index (χ1n) is 7.35. The molecule has 0 bridgehead atoms. The van der Waals surface area contributed by atoms with Crippen LogP contribution in [-0.2, 0) is 0 Å². The van der Waals surface area contributed by atoms with Crippen LogP contribution in [0, 0.1) is 13.5 Å². The van der Waals surface area contributed by atoms with E-state index in [1.807, 2.05) is 38.3 Å². The van der Waals surface area contributed by atoms with Crippen LogP contribution >= 0.6 is 34.5 Å². The third kappa shape index (κ3) is 2.95. The van der Waals surface area contributed by atoms with Gasteiger partial charge < -0.3 is 5.32 Å².